The molecule has 1 saturated heterocycles. The van der Waals surface area contributed by atoms with E-state index in [0.29, 0.717) is 4.90 Å². The Bertz CT molecular complexity index is 426. The number of nitriles is 3. The SMILES string of the molecule is C=C1N(CC#N)C(=O)N(CC#N)C(=O)N1CC#N. The molecule has 90 valence electrons. The van der Waals surface area contributed by atoms with Gasteiger partial charge in [-0.05, 0) is 0 Å². The van der Waals surface area contributed by atoms with Crippen molar-refractivity contribution in [3.63, 3.8) is 0 Å². The van der Waals surface area contributed by atoms with Gasteiger partial charge in [0.2, 0.25) is 0 Å². The van der Waals surface area contributed by atoms with Gasteiger partial charge < -0.3 is 0 Å². The van der Waals surface area contributed by atoms with Gasteiger partial charge in [0.1, 0.15) is 25.5 Å². The van der Waals surface area contributed by atoms with Crippen molar-refractivity contribution in [1.82, 2.24) is 14.7 Å². The van der Waals surface area contributed by atoms with E-state index in [2.05, 4.69) is 6.58 Å². The van der Waals surface area contributed by atoms with Crippen molar-refractivity contribution in [2.45, 2.75) is 0 Å². The van der Waals surface area contributed by atoms with E-state index in [1.165, 1.54) is 0 Å². The van der Waals surface area contributed by atoms with Gasteiger partial charge in [0.25, 0.3) is 0 Å². The fraction of sp³-hybridized carbons (Fsp3) is 0.300. The lowest BCUT2D eigenvalue weighted by molar-refractivity contribution is 0.122. The Morgan fingerprint density at radius 1 is 0.833 bits per heavy atom. The van der Waals surface area contributed by atoms with Crippen molar-refractivity contribution >= 4 is 12.1 Å². The van der Waals surface area contributed by atoms with Gasteiger partial charge in [-0.1, -0.05) is 6.58 Å². The molecular formula is C10H8N6O2. The van der Waals surface area contributed by atoms with Crippen LogP contribution in [0.15, 0.2) is 12.4 Å². The van der Waals surface area contributed by atoms with E-state index >= 15 is 0 Å². The summed E-state index contributed by atoms with van der Waals surface area (Å²) < 4.78 is 0. The van der Waals surface area contributed by atoms with E-state index in [-0.39, 0.29) is 18.9 Å². The lowest BCUT2D eigenvalue weighted by Crippen LogP contribution is -2.59. The van der Waals surface area contributed by atoms with Gasteiger partial charge in [-0.2, -0.15) is 15.8 Å². The van der Waals surface area contributed by atoms with Crippen molar-refractivity contribution in [2.24, 2.45) is 0 Å². The first-order valence-electron chi connectivity index (χ1n) is 4.78. The predicted octanol–water partition coefficient (Wildman–Crippen LogP) is 0.188. The summed E-state index contributed by atoms with van der Waals surface area (Å²) in [5.41, 5.74) is 0. The van der Waals surface area contributed by atoms with Crippen molar-refractivity contribution in [3.05, 3.63) is 12.4 Å². The molecule has 0 unspecified atom stereocenters. The van der Waals surface area contributed by atoms with E-state index in [0.717, 1.165) is 9.80 Å². The summed E-state index contributed by atoms with van der Waals surface area (Å²) in [6.45, 7) is 2.44. The topological polar surface area (TPSA) is 115 Å². The number of nitrogens with zero attached hydrogens (tertiary/aromatic N) is 6. The molecule has 8 nitrogen and oxygen atoms in total. The quantitative estimate of drug-likeness (QED) is 0.657. The summed E-state index contributed by atoms with van der Waals surface area (Å²) in [6, 6.07) is 3.60. The minimum absolute atomic E-state index is 0.0395. The molecule has 8 heteroatoms. The van der Waals surface area contributed by atoms with Crippen LogP contribution in [0, 0.1) is 34.0 Å². The largest absolute Gasteiger partial charge is 0.335 e. The molecule has 0 aromatic heterocycles. The highest BCUT2D eigenvalue weighted by Gasteiger charge is 2.39. The maximum absolute atomic E-state index is 11.8. The van der Waals surface area contributed by atoms with Crippen LogP contribution in [0.5, 0.6) is 0 Å². The Hall–Kier alpha value is -3.05. The summed E-state index contributed by atoms with van der Waals surface area (Å²) in [7, 11) is 0. The molecule has 0 aliphatic carbocycles. The Kier molecular flexibility index (Phi) is 3.85. The molecule has 1 aliphatic rings. The van der Waals surface area contributed by atoms with E-state index in [1.54, 1.807) is 18.2 Å². The van der Waals surface area contributed by atoms with Crippen LogP contribution in [0.3, 0.4) is 0 Å². The Morgan fingerprint density at radius 3 is 1.50 bits per heavy atom. The third kappa shape index (κ3) is 2.06. The molecule has 1 rings (SSSR count). The molecule has 0 saturated carbocycles. The summed E-state index contributed by atoms with van der Waals surface area (Å²) in [5, 5.41) is 25.8. The first-order chi connectivity index (χ1) is 8.58. The van der Waals surface area contributed by atoms with Crippen molar-refractivity contribution in [3.8, 4) is 18.2 Å². The number of imide groups is 1. The van der Waals surface area contributed by atoms with Crippen LogP contribution in [0.2, 0.25) is 0 Å². The molecule has 0 atom stereocenters. The number of carbonyl (C=O) groups excluding carboxylic acids is 2. The van der Waals surface area contributed by atoms with Gasteiger partial charge in [-0.25, -0.2) is 14.5 Å². The van der Waals surface area contributed by atoms with Crippen LogP contribution in [-0.4, -0.2) is 46.4 Å². The van der Waals surface area contributed by atoms with Gasteiger partial charge in [-0.3, -0.25) is 9.80 Å². The van der Waals surface area contributed by atoms with Crippen LogP contribution in [0.25, 0.3) is 0 Å². The molecule has 0 aromatic carbocycles. The first-order valence-corrected chi connectivity index (χ1v) is 4.78. The van der Waals surface area contributed by atoms with Gasteiger partial charge in [0.05, 0.1) is 18.2 Å². The van der Waals surface area contributed by atoms with Gasteiger partial charge in [0, 0.05) is 0 Å². The number of rotatable bonds is 3. The third-order valence-corrected chi connectivity index (χ3v) is 2.23. The van der Waals surface area contributed by atoms with Crippen LogP contribution >= 0.6 is 0 Å². The van der Waals surface area contributed by atoms with Crippen LogP contribution in [0.1, 0.15) is 0 Å². The van der Waals surface area contributed by atoms with Gasteiger partial charge >= 0.3 is 12.1 Å². The third-order valence-electron chi connectivity index (χ3n) is 2.23. The predicted molar refractivity (Wildman–Crippen MR) is 56.9 cm³/mol. The fourth-order valence-electron chi connectivity index (χ4n) is 1.40. The Morgan fingerprint density at radius 2 is 1.17 bits per heavy atom. The van der Waals surface area contributed by atoms with E-state index < -0.39 is 18.6 Å². The lowest BCUT2D eigenvalue weighted by Gasteiger charge is -2.39. The number of hydrogen-bond donors (Lipinski definition) is 0. The first kappa shape index (κ1) is 13.0. The zero-order valence-electron chi connectivity index (χ0n) is 9.33. The second-order valence-corrected chi connectivity index (χ2v) is 3.21. The zero-order valence-corrected chi connectivity index (χ0v) is 9.33. The number of urea groups is 2. The second-order valence-electron chi connectivity index (χ2n) is 3.21. The minimum Gasteiger partial charge on any atom is -0.266 e. The zero-order chi connectivity index (χ0) is 13.7. The van der Waals surface area contributed by atoms with Gasteiger partial charge in [-0.15, -0.1) is 0 Å². The van der Waals surface area contributed by atoms with Crippen molar-refractivity contribution < 1.29 is 9.59 Å². The average Bonchev–Trinajstić information content (AvgIpc) is 2.35. The summed E-state index contributed by atoms with van der Waals surface area (Å²) >= 11 is 0. The molecule has 0 aromatic rings. The molecule has 18 heavy (non-hydrogen) atoms. The maximum atomic E-state index is 11.8. The van der Waals surface area contributed by atoms with E-state index in [9.17, 15) is 9.59 Å². The smallest absolute Gasteiger partial charge is 0.266 e. The highest BCUT2D eigenvalue weighted by atomic mass is 16.2. The Balaban J connectivity index is 3.12. The summed E-state index contributed by atoms with van der Waals surface area (Å²) in [6.07, 6.45) is 0. The molecular weight excluding hydrogens is 236 g/mol. The van der Waals surface area contributed by atoms with Crippen molar-refractivity contribution in [2.75, 3.05) is 19.6 Å². The molecule has 0 radical (unpaired) electrons. The molecule has 1 aliphatic heterocycles. The fourth-order valence-corrected chi connectivity index (χ4v) is 1.40. The monoisotopic (exact) mass is 244 g/mol. The second kappa shape index (κ2) is 5.33. The number of amides is 4. The molecule has 1 fully saturated rings. The van der Waals surface area contributed by atoms with Crippen molar-refractivity contribution in [1.29, 1.82) is 15.8 Å². The normalized spacial score (nSPS) is 15.2. The number of hydrogen-bond acceptors (Lipinski definition) is 5. The summed E-state index contributed by atoms with van der Waals surface area (Å²) in [4.78, 5) is 26.2. The lowest BCUT2D eigenvalue weighted by atomic mass is 10.4. The van der Waals surface area contributed by atoms with E-state index in [1.807, 2.05) is 0 Å². The van der Waals surface area contributed by atoms with E-state index in [4.69, 9.17) is 15.8 Å². The van der Waals surface area contributed by atoms with Crippen LogP contribution in [-0.2, 0) is 0 Å². The highest BCUT2D eigenvalue weighted by molar-refractivity contribution is 5.98. The molecule has 0 N–H and O–H groups in total. The van der Waals surface area contributed by atoms with Gasteiger partial charge in [0.15, 0.2) is 0 Å². The standard InChI is InChI=1S/C10H8N6O2/c1-8-14(5-2-11)9(17)16(7-4-13)10(18)15(8)6-3-12/h1,5-7H2. The molecule has 4 amide bonds. The highest BCUT2D eigenvalue weighted by Crippen LogP contribution is 2.20. The van der Waals surface area contributed by atoms with Crippen LogP contribution < -0.4 is 0 Å². The maximum Gasteiger partial charge on any atom is 0.335 e. The Labute approximate surface area is 103 Å². The van der Waals surface area contributed by atoms with Crippen LogP contribution in [0.4, 0.5) is 9.59 Å². The summed E-state index contributed by atoms with van der Waals surface area (Å²) in [5.74, 6) is -0.0395. The molecule has 0 spiro atoms. The number of carbonyl (C=O) groups is 2. The minimum atomic E-state index is -0.790. The molecule has 0 bridgehead atoms. The molecule has 1 heterocycles. The average molecular weight is 244 g/mol.